The molecular weight excluding hydrogens is 476 g/mol. The van der Waals surface area contributed by atoms with Crippen LogP contribution in [0.25, 0.3) is 0 Å². The Morgan fingerprint density at radius 1 is 0.947 bits per heavy atom. The van der Waals surface area contributed by atoms with E-state index in [0.29, 0.717) is 51.9 Å². The normalized spacial score (nSPS) is 38.8. The minimum Gasteiger partial charge on any atom is -0.469 e. The van der Waals surface area contributed by atoms with E-state index in [4.69, 9.17) is 20.9 Å². The third-order valence-electron chi connectivity index (χ3n) is 11.9. The Labute approximate surface area is 228 Å². The molecule has 0 radical (unpaired) electrons. The van der Waals surface area contributed by atoms with E-state index in [9.17, 15) is 9.59 Å². The van der Waals surface area contributed by atoms with Gasteiger partial charge in [0.2, 0.25) is 0 Å². The molecule has 4 fully saturated rings. The van der Waals surface area contributed by atoms with Crippen LogP contribution in [0.4, 0.5) is 11.4 Å². The number of benzene rings is 1. The smallest absolute Gasteiger partial charge is 0.338 e. The van der Waals surface area contributed by atoms with Crippen molar-refractivity contribution in [3.05, 3.63) is 23.8 Å². The maximum absolute atomic E-state index is 12.9. The number of nitrogen functional groups attached to an aromatic ring is 2. The van der Waals surface area contributed by atoms with Gasteiger partial charge in [-0.05, 0) is 129 Å². The van der Waals surface area contributed by atoms with Gasteiger partial charge in [-0.3, -0.25) is 4.79 Å². The van der Waals surface area contributed by atoms with Crippen molar-refractivity contribution < 1.29 is 19.1 Å². The fourth-order valence-electron chi connectivity index (χ4n) is 9.96. The molecule has 0 aromatic heterocycles. The Morgan fingerprint density at radius 2 is 1.63 bits per heavy atom. The van der Waals surface area contributed by atoms with E-state index in [1.165, 1.54) is 45.6 Å². The Hall–Kier alpha value is -2.24. The van der Waals surface area contributed by atoms with Crippen LogP contribution in [0.5, 0.6) is 0 Å². The molecule has 0 saturated heterocycles. The summed E-state index contributed by atoms with van der Waals surface area (Å²) in [7, 11) is 1.49. The molecule has 4 aliphatic rings. The van der Waals surface area contributed by atoms with E-state index in [2.05, 4.69) is 20.8 Å². The molecular formula is C32H48N2O4. The quantitative estimate of drug-likeness (QED) is 0.320. The summed E-state index contributed by atoms with van der Waals surface area (Å²) in [6, 6.07) is 4.97. The van der Waals surface area contributed by atoms with Gasteiger partial charge < -0.3 is 20.9 Å². The summed E-state index contributed by atoms with van der Waals surface area (Å²) in [6.07, 6.45) is 12.3. The molecule has 6 nitrogen and oxygen atoms in total. The molecule has 5 rings (SSSR count). The first kappa shape index (κ1) is 27.3. The summed E-state index contributed by atoms with van der Waals surface area (Å²) in [5.74, 6) is 3.88. The molecule has 1 unspecified atom stereocenters. The molecule has 4 aliphatic carbocycles. The lowest BCUT2D eigenvalue weighted by atomic mass is 9.44. The van der Waals surface area contributed by atoms with Crippen molar-refractivity contribution in [2.24, 2.45) is 46.3 Å². The lowest BCUT2D eigenvalue weighted by Gasteiger charge is -2.61. The van der Waals surface area contributed by atoms with Crippen LogP contribution in [0.3, 0.4) is 0 Å². The van der Waals surface area contributed by atoms with Gasteiger partial charge in [0.1, 0.15) is 6.10 Å². The molecule has 0 amide bonds. The number of carbonyl (C=O) groups is 2. The number of anilines is 2. The van der Waals surface area contributed by atoms with E-state index in [1.807, 2.05) is 0 Å². The Kier molecular flexibility index (Phi) is 7.47. The number of hydrogen-bond acceptors (Lipinski definition) is 6. The van der Waals surface area contributed by atoms with Gasteiger partial charge in [-0.2, -0.15) is 0 Å². The van der Waals surface area contributed by atoms with Crippen LogP contribution in [-0.2, 0) is 14.3 Å². The van der Waals surface area contributed by atoms with Gasteiger partial charge in [-0.1, -0.05) is 20.8 Å². The molecule has 0 spiro atoms. The number of rotatable bonds is 6. The first-order chi connectivity index (χ1) is 18.0. The highest BCUT2D eigenvalue weighted by Gasteiger charge is 2.60. The fourth-order valence-corrected chi connectivity index (χ4v) is 9.96. The van der Waals surface area contributed by atoms with Crippen molar-refractivity contribution in [2.45, 2.75) is 97.5 Å². The highest BCUT2D eigenvalue weighted by molar-refractivity contribution is 5.91. The number of hydrogen-bond donors (Lipinski definition) is 2. The first-order valence-corrected chi connectivity index (χ1v) is 15.0. The first-order valence-electron chi connectivity index (χ1n) is 15.0. The van der Waals surface area contributed by atoms with Crippen molar-refractivity contribution >= 4 is 23.3 Å². The van der Waals surface area contributed by atoms with Crippen molar-refractivity contribution in [1.29, 1.82) is 0 Å². The second-order valence-corrected chi connectivity index (χ2v) is 13.7. The molecule has 210 valence electrons. The maximum atomic E-state index is 12.9. The van der Waals surface area contributed by atoms with Crippen LogP contribution < -0.4 is 11.5 Å². The van der Waals surface area contributed by atoms with E-state index in [-0.39, 0.29) is 18.0 Å². The zero-order valence-corrected chi connectivity index (χ0v) is 23.8. The van der Waals surface area contributed by atoms with Gasteiger partial charge in [0.25, 0.3) is 0 Å². The van der Waals surface area contributed by atoms with Crippen LogP contribution in [0.1, 0.15) is 102 Å². The largest absolute Gasteiger partial charge is 0.469 e. The summed E-state index contributed by atoms with van der Waals surface area (Å²) in [6.45, 7) is 7.50. The molecule has 1 aromatic carbocycles. The van der Waals surface area contributed by atoms with Gasteiger partial charge in [0.15, 0.2) is 0 Å². The topological polar surface area (TPSA) is 105 Å². The summed E-state index contributed by atoms with van der Waals surface area (Å²) >= 11 is 0. The van der Waals surface area contributed by atoms with E-state index >= 15 is 0 Å². The number of nitrogens with two attached hydrogens (primary N) is 2. The number of fused-ring (bicyclic) bond motifs is 5. The second kappa shape index (κ2) is 10.4. The van der Waals surface area contributed by atoms with Crippen molar-refractivity contribution in [1.82, 2.24) is 0 Å². The lowest BCUT2D eigenvalue weighted by Crippen LogP contribution is -2.54. The third-order valence-corrected chi connectivity index (χ3v) is 11.9. The van der Waals surface area contributed by atoms with Crippen LogP contribution in [-0.4, -0.2) is 25.2 Å². The summed E-state index contributed by atoms with van der Waals surface area (Å²) in [4.78, 5) is 24.6. The van der Waals surface area contributed by atoms with Crippen LogP contribution in [0.2, 0.25) is 0 Å². The molecule has 9 atom stereocenters. The van der Waals surface area contributed by atoms with E-state index in [0.717, 1.165) is 43.4 Å². The summed E-state index contributed by atoms with van der Waals surface area (Å²) in [5.41, 5.74) is 13.9. The highest BCUT2D eigenvalue weighted by Crippen LogP contribution is 2.68. The van der Waals surface area contributed by atoms with Crippen molar-refractivity contribution in [2.75, 3.05) is 18.6 Å². The zero-order valence-electron chi connectivity index (χ0n) is 23.8. The van der Waals surface area contributed by atoms with Gasteiger partial charge in [-0.25, -0.2) is 4.79 Å². The predicted octanol–water partition coefficient (Wildman–Crippen LogP) is 6.62. The number of esters is 2. The second-order valence-electron chi connectivity index (χ2n) is 13.7. The molecule has 1 aromatic rings. The zero-order chi connectivity index (χ0) is 27.2. The molecule has 6 heteroatoms. The predicted molar refractivity (Wildman–Crippen MR) is 150 cm³/mol. The fraction of sp³-hybridized carbons (Fsp3) is 0.750. The standard InChI is InChI=1S/C32H48N2O4/c1-19(5-10-29(35)37-4)26-8-9-27-25-7-6-21-17-24(38-30(36)20-15-22(33)18-23(34)16-20)11-13-31(21,2)28(25)12-14-32(26,27)3/h15-16,18-19,21,24-28H,5-14,17,33-34H2,1-4H3/t19-,21?,24-,25+,26-,27+,28+,31+,32-/m1/s1. The van der Waals surface area contributed by atoms with Crippen molar-refractivity contribution in [3.8, 4) is 0 Å². The SMILES string of the molecule is COC(=O)CC[C@@H](C)[C@H]1CC[C@H]2[C@@H]3CCC4C[C@H](OC(=O)c5cc(N)cc(N)c5)CC[C@]4(C)[C@H]3CC[C@]12C. The summed E-state index contributed by atoms with van der Waals surface area (Å²) < 4.78 is 10.9. The Morgan fingerprint density at radius 3 is 2.34 bits per heavy atom. The third kappa shape index (κ3) is 4.81. The summed E-state index contributed by atoms with van der Waals surface area (Å²) in [5, 5.41) is 0. The van der Waals surface area contributed by atoms with Crippen LogP contribution in [0, 0.1) is 46.3 Å². The Balaban J connectivity index is 1.23. The highest BCUT2D eigenvalue weighted by atomic mass is 16.5. The van der Waals surface area contributed by atoms with Gasteiger partial charge in [0, 0.05) is 17.8 Å². The molecule has 0 bridgehead atoms. The number of carbonyl (C=O) groups excluding carboxylic acids is 2. The lowest BCUT2D eigenvalue weighted by molar-refractivity contribution is -0.141. The molecule has 0 heterocycles. The molecule has 4 saturated carbocycles. The van der Waals surface area contributed by atoms with Gasteiger partial charge in [0.05, 0.1) is 12.7 Å². The van der Waals surface area contributed by atoms with Crippen molar-refractivity contribution in [3.63, 3.8) is 0 Å². The minimum atomic E-state index is -0.307. The van der Waals surface area contributed by atoms with Crippen LogP contribution in [0.15, 0.2) is 18.2 Å². The maximum Gasteiger partial charge on any atom is 0.338 e. The number of methoxy groups -OCH3 is 1. The van der Waals surface area contributed by atoms with Gasteiger partial charge in [-0.15, -0.1) is 0 Å². The monoisotopic (exact) mass is 524 g/mol. The van der Waals surface area contributed by atoms with Gasteiger partial charge >= 0.3 is 11.9 Å². The van der Waals surface area contributed by atoms with E-state index in [1.54, 1.807) is 18.2 Å². The molecule has 38 heavy (non-hydrogen) atoms. The number of ether oxygens (including phenoxy) is 2. The molecule has 0 aliphatic heterocycles. The van der Waals surface area contributed by atoms with E-state index < -0.39 is 0 Å². The molecule has 4 N–H and O–H groups in total. The van der Waals surface area contributed by atoms with Crippen LogP contribution >= 0.6 is 0 Å². The Bertz CT molecular complexity index is 1040. The minimum absolute atomic E-state index is 0.0276. The average molecular weight is 525 g/mol. The average Bonchev–Trinajstić information content (AvgIpc) is 3.24.